The average molecular weight is 1050 g/mol. The van der Waals surface area contributed by atoms with E-state index in [-0.39, 0.29) is 28.4 Å². The van der Waals surface area contributed by atoms with Crippen molar-refractivity contribution in [1.29, 1.82) is 0 Å². The Morgan fingerprint density at radius 3 is 1.10 bits per heavy atom. The van der Waals surface area contributed by atoms with Gasteiger partial charge in [0, 0.05) is 44.9 Å². The Balaban J connectivity index is 1.16. The van der Waals surface area contributed by atoms with E-state index in [1.54, 1.807) is 0 Å². The van der Waals surface area contributed by atoms with Gasteiger partial charge in [-0.1, -0.05) is 223 Å². The van der Waals surface area contributed by atoms with Crippen molar-refractivity contribution < 1.29 is 0 Å². The lowest BCUT2D eigenvalue weighted by Gasteiger charge is -2.46. The second-order valence-electron chi connectivity index (χ2n) is 27.9. The van der Waals surface area contributed by atoms with Gasteiger partial charge in [0.15, 0.2) is 0 Å². The molecule has 0 atom stereocenters. The Kier molecular flexibility index (Phi) is 10.5. The van der Waals surface area contributed by atoms with Crippen molar-refractivity contribution in [2.24, 2.45) is 0 Å². The molecule has 0 unspecified atom stereocenters. The largest absolute Gasteiger partial charge is 0.311 e. The van der Waals surface area contributed by atoms with Crippen molar-refractivity contribution in [2.45, 2.75) is 105 Å². The van der Waals surface area contributed by atoms with Crippen LogP contribution in [0, 0.1) is 0 Å². The van der Waals surface area contributed by atoms with Crippen LogP contribution < -0.4 is 26.2 Å². The highest BCUT2D eigenvalue weighted by atomic mass is 15.2. The van der Waals surface area contributed by atoms with Crippen LogP contribution in [0.4, 0.5) is 34.1 Å². The van der Waals surface area contributed by atoms with Gasteiger partial charge in [0.25, 0.3) is 6.71 Å². The second kappa shape index (κ2) is 17.1. The minimum atomic E-state index is -0.112. The maximum absolute atomic E-state index is 2.72. The molecule has 0 saturated heterocycles. The molecule has 394 valence electrons. The van der Waals surface area contributed by atoms with E-state index < -0.39 is 0 Å². The quantitative estimate of drug-likeness (QED) is 0.0988. The minimum absolute atomic E-state index is 0.101. The maximum atomic E-state index is 2.72. The normalized spacial score (nSPS) is 13.9. The summed E-state index contributed by atoms with van der Waals surface area (Å²) in [6.45, 7) is 28.4. The van der Waals surface area contributed by atoms with Crippen LogP contribution >= 0.6 is 0 Å². The van der Waals surface area contributed by atoms with Gasteiger partial charge in [-0.25, -0.2) is 0 Å². The Hall–Kier alpha value is -8.40. The summed E-state index contributed by atoms with van der Waals surface area (Å²) in [6.07, 6.45) is 0. The van der Waals surface area contributed by atoms with Gasteiger partial charge in [0.2, 0.25) is 0 Å². The molecule has 0 bridgehead atoms. The number of rotatable bonds is 3. The first-order valence-electron chi connectivity index (χ1n) is 29.3. The Morgan fingerprint density at radius 1 is 0.296 bits per heavy atom. The lowest BCUT2D eigenvalue weighted by atomic mass is 9.33. The number of fused-ring (bicyclic) bond motifs is 10. The summed E-state index contributed by atoms with van der Waals surface area (Å²) in [6, 6.07) is 78.6. The summed E-state index contributed by atoms with van der Waals surface area (Å²) in [7, 11) is 0. The summed E-state index contributed by atoms with van der Waals surface area (Å²) in [5.74, 6) is 0. The van der Waals surface area contributed by atoms with Gasteiger partial charge in [0.1, 0.15) is 0 Å². The van der Waals surface area contributed by atoms with Gasteiger partial charge in [-0.3, -0.25) is 0 Å². The molecule has 2 nitrogen and oxygen atoms in total. The van der Waals surface area contributed by atoms with E-state index in [9.17, 15) is 0 Å². The van der Waals surface area contributed by atoms with Crippen molar-refractivity contribution in [1.82, 2.24) is 0 Å². The zero-order valence-corrected chi connectivity index (χ0v) is 49.0. The third-order valence-electron chi connectivity index (χ3n) is 18.4. The highest BCUT2D eigenvalue weighted by Crippen LogP contribution is 2.52. The maximum Gasteiger partial charge on any atom is 0.252 e. The molecule has 0 radical (unpaired) electrons. The highest BCUT2D eigenvalue weighted by molar-refractivity contribution is 7.00. The molecule has 0 N–H and O–H groups in total. The number of nitrogens with zero attached hydrogens (tertiary/aromatic N) is 2. The van der Waals surface area contributed by atoms with Gasteiger partial charge in [-0.05, 0) is 197 Å². The smallest absolute Gasteiger partial charge is 0.252 e. The van der Waals surface area contributed by atoms with E-state index in [0.29, 0.717) is 0 Å². The molecule has 2 aliphatic heterocycles. The first-order valence-corrected chi connectivity index (χ1v) is 29.3. The van der Waals surface area contributed by atoms with Crippen LogP contribution in [0.25, 0.3) is 86.5 Å². The zero-order chi connectivity index (χ0) is 55.8. The molecule has 0 aliphatic carbocycles. The van der Waals surface area contributed by atoms with Crippen molar-refractivity contribution in [3.63, 3.8) is 0 Å². The fraction of sp³-hybridized carbons (Fsp3) is 0.205. The van der Waals surface area contributed by atoms with Crippen LogP contribution in [-0.4, -0.2) is 6.71 Å². The molecule has 15 rings (SSSR count). The first-order chi connectivity index (χ1) is 38.7. The number of benzene rings is 13. The standard InChI is InChI=1S/C78H69BN2/c1-75(2,3)56-40-57(76(4,5)6)43-60(42-56)80-68-38-55(62-30-26-48-25-24-46-22-17-23-47-27-31-63(62)71(48)70(46)47)39-69-72(68)79(66-32-28-53-34-49-18-13-15-20-51(49)36-64(53)73(66)80)67-33-29-54-35-50-19-14-16-21-52(50)37-65(54)74(67)81(69)61-44-58(77(7,8)9)41-59(45-61)78(10,11)12/h13-45H,1-12H3. The predicted octanol–water partition coefficient (Wildman–Crippen LogP) is 20.1. The average Bonchev–Trinajstić information content (AvgIpc) is 2.26. The molecule has 2 heterocycles. The molecule has 0 spiro atoms. The van der Waals surface area contributed by atoms with E-state index in [2.05, 4.69) is 293 Å². The molecule has 13 aromatic rings. The molecule has 0 amide bonds. The Labute approximate surface area is 478 Å². The highest BCUT2D eigenvalue weighted by Gasteiger charge is 2.46. The fourth-order valence-electron chi connectivity index (χ4n) is 13.9. The number of hydrogen-bond acceptors (Lipinski definition) is 2. The molecule has 2 aliphatic rings. The number of anilines is 6. The molecule has 0 aromatic heterocycles. The summed E-state index contributed by atoms with van der Waals surface area (Å²) in [5, 5.41) is 17.7. The van der Waals surface area contributed by atoms with Crippen LogP contribution in [0.2, 0.25) is 0 Å². The Bertz CT molecular complexity index is 4510. The lowest BCUT2D eigenvalue weighted by molar-refractivity contribution is 0.568. The van der Waals surface area contributed by atoms with Crippen molar-refractivity contribution >= 4 is 133 Å². The number of hydrogen-bond donors (Lipinski definition) is 0. The van der Waals surface area contributed by atoms with Gasteiger partial charge >= 0.3 is 0 Å². The Morgan fingerprint density at radius 2 is 0.667 bits per heavy atom. The fourth-order valence-corrected chi connectivity index (χ4v) is 13.9. The van der Waals surface area contributed by atoms with Crippen LogP contribution in [0.15, 0.2) is 200 Å². The molecular formula is C78H69BN2. The van der Waals surface area contributed by atoms with E-state index in [0.717, 1.165) is 0 Å². The SMILES string of the molecule is CC(C)(C)c1cc(N2c3cc(-c4ccc5ccc6cccc7ccc4c5c67)cc4c3B(c3ccc5cc6ccccc6cc5c32)c2ccc3cc5ccccc5cc3c2N4c2cc(C(C)(C)C)cc(C(C)(C)C)c2)cc(C(C)(C)C)c1. The third-order valence-corrected chi connectivity index (χ3v) is 18.4. The molecular weight excluding hydrogens is 976 g/mol. The van der Waals surface area contributed by atoms with Gasteiger partial charge in [-0.15, -0.1) is 0 Å². The van der Waals surface area contributed by atoms with E-state index in [4.69, 9.17) is 0 Å². The summed E-state index contributed by atoms with van der Waals surface area (Å²) < 4.78 is 0. The van der Waals surface area contributed by atoms with Gasteiger partial charge in [0.05, 0.1) is 0 Å². The van der Waals surface area contributed by atoms with Crippen LogP contribution in [0.5, 0.6) is 0 Å². The second-order valence-corrected chi connectivity index (χ2v) is 27.9. The topological polar surface area (TPSA) is 6.48 Å². The van der Waals surface area contributed by atoms with Crippen LogP contribution in [-0.2, 0) is 21.7 Å². The minimum Gasteiger partial charge on any atom is -0.311 e. The predicted molar refractivity (Wildman–Crippen MR) is 354 cm³/mol. The molecule has 81 heavy (non-hydrogen) atoms. The van der Waals surface area contributed by atoms with Crippen molar-refractivity contribution in [3.8, 4) is 11.1 Å². The van der Waals surface area contributed by atoms with Gasteiger partial charge < -0.3 is 9.80 Å². The summed E-state index contributed by atoms with van der Waals surface area (Å²) in [4.78, 5) is 5.44. The molecule has 3 heteroatoms. The van der Waals surface area contributed by atoms with Crippen LogP contribution in [0.1, 0.15) is 105 Å². The molecule has 0 fully saturated rings. The third kappa shape index (κ3) is 7.67. The van der Waals surface area contributed by atoms with Crippen LogP contribution in [0.3, 0.4) is 0 Å². The lowest BCUT2D eigenvalue weighted by Crippen LogP contribution is -2.61. The van der Waals surface area contributed by atoms with Crippen molar-refractivity contribution in [2.75, 3.05) is 9.80 Å². The zero-order valence-electron chi connectivity index (χ0n) is 49.0. The molecule has 13 aromatic carbocycles. The van der Waals surface area contributed by atoms with E-state index >= 15 is 0 Å². The van der Waals surface area contributed by atoms with Gasteiger partial charge in [-0.2, -0.15) is 0 Å². The summed E-state index contributed by atoms with van der Waals surface area (Å²) in [5.41, 5.74) is 18.6. The van der Waals surface area contributed by atoms with E-state index in [1.807, 2.05) is 0 Å². The molecule has 0 saturated carbocycles. The van der Waals surface area contributed by atoms with E-state index in [1.165, 1.54) is 159 Å². The summed E-state index contributed by atoms with van der Waals surface area (Å²) >= 11 is 0. The van der Waals surface area contributed by atoms with Crippen molar-refractivity contribution in [3.05, 3.63) is 222 Å². The monoisotopic (exact) mass is 1040 g/mol. The first kappa shape index (κ1) is 49.6.